The molecule has 0 radical (unpaired) electrons. The zero-order valence-corrected chi connectivity index (χ0v) is 20.1. The lowest BCUT2D eigenvalue weighted by molar-refractivity contribution is -0.143. The van der Waals surface area contributed by atoms with E-state index in [-0.39, 0.29) is 18.2 Å². The number of likely N-dealkylation sites (tertiary alicyclic amines) is 1. The van der Waals surface area contributed by atoms with Gasteiger partial charge in [0.25, 0.3) is 0 Å². The summed E-state index contributed by atoms with van der Waals surface area (Å²) in [7, 11) is 2.96. The lowest BCUT2D eigenvalue weighted by Crippen LogP contribution is -2.48. The summed E-state index contributed by atoms with van der Waals surface area (Å²) in [6, 6.07) is 3.30. The highest BCUT2D eigenvalue weighted by atomic mass is 19.4. The van der Waals surface area contributed by atoms with E-state index in [0.29, 0.717) is 36.1 Å². The molecule has 2 aromatic rings. The van der Waals surface area contributed by atoms with Gasteiger partial charge in [-0.15, -0.1) is 0 Å². The van der Waals surface area contributed by atoms with Crippen molar-refractivity contribution >= 4 is 11.7 Å². The third-order valence-electron chi connectivity index (χ3n) is 6.57. The number of amides is 2. The number of rotatable bonds is 3. The molecular weight excluding hydrogens is 491 g/mol. The van der Waals surface area contributed by atoms with E-state index in [2.05, 4.69) is 4.99 Å². The number of nitrogens with zero attached hydrogens (tertiary/aromatic N) is 3. The molecule has 2 aromatic carbocycles. The number of urea groups is 1. The summed E-state index contributed by atoms with van der Waals surface area (Å²) in [6.07, 6.45) is -9.15. The molecule has 2 atom stereocenters. The third-order valence-corrected chi connectivity index (χ3v) is 6.57. The quantitative estimate of drug-likeness (QED) is 0.397. The Balaban J connectivity index is 1.98. The highest BCUT2D eigenvalue weighted by molar-refractivity contribution is 5.88. The second-order valence-corrected chi connectivity index (χ2v) is 8.86. The van der Waals surface area contributed by atoms with Crippen molar-refractivity contribution in [2.45, 2.75) is 51.1 Å². The SMILES string of the molecule is CN=C1CCN(C(=O)N(C)[C@H](C)c2cc(C(F)(F)F)cc(C(F)(F)F)c2)[C@@H](c2ccc(F)cc2C)C1. The summed E-state index contributed by atoms with van der Waals surface area (Å²) in [6.45, 7) is 3.31. The van der Waals surface area contributed by atoms with E-state index >= 15 is 0 Å². The number of piperidine rings is 1. The summed E-state index contributed by atoms with van der Waals surface area (Å²) >= 11 is 0. The van der Waals surface area contributed by atoms with Crippen LogP contribution in [0, 0.1) is 12.7 Å². The topological polar surface area (TPSA) is 35.9 Å². The van der Waals surface area contributed by atoms with Crippen LogP contribution in [0.5, 0.6) is 0 Å². The number of carbonyl (C=O) groups excluding carboxylic acids is 1. The van der Waals surface area contributed by atoms with Crippen molar-refractivity contribution in [3.8, 4) is 0 Å². The molecule has 1 aliphatic rings. The number of hydrogen-bond acceptors (Lipinski definition) is 2. The van der Waals surface area contributed by atoms with Crippen LogP contribution >= 0.6 is 0 Å². The van der Waals surface area contributed by atoms with Crippen molar-refractivity contribution in [2.24, 2.45) is 4.99 Å². The molecule has 0 saturated carbocycles. The molecule has 1 heterocycles. The maximum Gasteiger partial charge on any atom is 0.416 e. The molecule has 0 spiro atoms. The molecule has 2 amide bonds. The van der Waals surface area contributed by atoms with Gasteiger partial charge < -0.3 is 9.80 Å². The number of aryl methyl sites for hydroxylation is 1. The van der Waals surface area contributed by atoms with Gasteiger partial charge in [0.05, 0.1) is 23.2 Å². The minimum absolute atomic E-state index is 0.0572. The molecule has 1 fully saturated rings. The Hall–Kier alpha value is -3.11. The van der Waals surface area contributed by atoms with Crippen LogP contribution in [0.1, 0.15) is 59.7 Å². The van der Waals surface area contributed by atoms with Crippen LogP contribution < -0.4 is 0 Å². The van der Waals surface area contributed by atoms with E-state index < -0.39 is 47.4 Å². The fraction of sp³-hybridized carbons (Fsp3) is 0.440. The highest BCUT2D eigenvalue weighted by Crippen LogP contribution is 2.39. The molecule has 0 unspecified atom stereocenters. The van der Waals surface area contributed by atoms with Crippen molar-refractivity contribution in [1.82, 2.24) is 9.80 Å². The maximum absolute atomic E-state index is 13.7. The summed E-state index contributed by atoms with van der Waals surface area (Å²) in [5.74, 6) is -0.440. The third kappa shape index (κ3) is 5.82. The molecule has 0 aliphatic carbocycles. The Morgan fingerprint density at radius 2 is 1.64 bits per heavy atom. The van der Waals surface area contributed by atoms with Crippen LogP contribution in [-0.4, -0.2) is 42.2 Å². The van der Waals surface area contributed by atoms with Crippen molar-refractivity contribution in [1.29, 1.82) is 0 Å². The molecule has 1 aliphatic heterocycles. The minimum Gasteiger partial charge on any atom is -0.321 e. The molecule has 11 heteroatoms. The molecule has 196 valence electrons. The lowest BCUT2D eigenvalue weighted by atomic mass is 9.91. The van der Waals surface area contributed by atoms with Gasteiger partial charge in [-0.3, -0.25) is 4.99 Å². The Kier molecular flexibility index (Phi) is 7.71. The largest absolute Gasteiger partial charge is 0.416 e. The molecule has 0 aromatic heterocycles. The number of carbonyl (C=O) groups is 1. The lowest BCUT2D eigenvalue weighted by Gasteiger charge is -2.41. The first-order valence-corrected chi connectivity index (χ1v) is 11.2. The van der Waals surface area contributed by atoms with E-state index in [4.69, 9.17) is 0 Å². The second kappa shape index (κ2) is 10.1. The number of halogens is 7. The molecule has 3 rings (SSSR count). The highest BCUT2D eigenvalue weighted by Gasteiger charge is 2.39. The average molecular weight is 517 g/mol. The van der Waals surface area contributed by atoms with E-state index in [1.54, 1.807) is 20.0 Å². The maximum atomic E-state index is 13.7. The normalized spacial score (nSPS) is 18.9. The first-order valence-electron chi connectivity index (χ1n) is 11.2. The van der Waals surface area contributed by atoms with Gasteiger partial charge in [-0.2, -0.15) is 26.3 Å². The van der Waals surface area contributed by atoms with Crippen molar-refractivity contribution in [3.63, 3.8) is 0 Å². The Bertz CT molecular complexity index is 1130. The van der Waals surface area contributed by atoms with E-state index in [1.165, 1.54) is 31.0 Å². The first kappa shape index (κ1) is 27.5. The van der Waals surface area contributed by atoms with Crippen LogP contribution in [0.4, 0.5) is 35.5 Å². The summed E-state index contributed by atoms with van der Waals surface area (Å²) in [5.41, 5.74) is -1.04. The van der Waals surface area contributed by atoms with Crippen molar-refractivity contribution < 1.29 is 35.5 Å². The van der Waals surface area contributed by atoms with Gasteiger partial charge in [0.15, 0.2) is 0 Å². The summed E-state index contributed by atoms with van der Waals surface area (Å²) in [5, 5.41) is 0. The Labute approximate surface area is 204 Å². The van der Waals surface area contributed by atoms with Gasteiger partial charge in [-0.1, -0.05) is 6.07 Å². The van der Waals surface area contributed by atoms with Gasteiger partial charge in [0, 0.05) is 39.2 Å². The molecule has 36 heavy (non-hydrogen) atoms. The second-order valence-electron chi connectivity index (χ2n) is 8.86. The monoisotopic (exact) mass is 517 g/mol. The number of aliphatic imine (C=N–C) groups is 1. The van der Waals surface area contributed by atoms with Crippen LogP contribution in [0.2, 0.25) is 0 Å². The van der Waals surface area contributed by atoms with Crippen molar-refractivity contribution in [2.75, 3.05) is 20.6 Å². The smallest absolute Gasteiger partial charge is 0.321 e. The van der Waals surface area contributed by atoms with Crippen LogP contribution in [0.25, 0.3) is 0 Å². The molecule has 1 saturated heterocycles. The van der Waals surface area contributed by atoms with Gasteiger partial charge in [0.2, 0.25) is 0 Å². The Morgan fingerprint density at radius 1 is 1.06 bits per heavy atom. The van der Waals surface area contributed by atoms with Gasteiger partial charge >= 0.3 is 18.4 Å². The zero-order valence-electron chi connectivity index (χ0n) is 20.1. The van der Waals surface area contributed by atoms with E-state index in [9.17, 15) is 35.5 Å². The van der Waals surface area contributed by atoms with Crippen LogP contribution in [0.15, 0.2) is 41.4 Å². The van der Waals surface area contributed by atoms with E-state index in [0.717, 1.165) is 10.6 Å². The predicted molar refractivity (Wildman–Crippen MR) is 121 cm³/mol. The van der Waals surface area contributed by atoms with Crippen LogP contribution in [0.3, 0.4) is 0 Å². The van der Waals surface area contributed by atoms with Gasteiger partial charge in [-0.25, -0.2) is 9.18 Å². The molecule has 0 bridgehead atoms. The van der Waals surface area contributed by atoms with Crippen LogP contribution in [-0.2, 0) is 12.4 Å². The number of benzene rings is 2. The Morgan fingerprint density at radius 3 is 2.14 bits per heavy atom. The first-order chi connectivity index (χ1) is 16.6. The zero-order chi connectivity index (χ0) is 27.0. The van der Waals surface area contributed by atoms with E-state index in [1.807, 2.05) is 0 Å². The molecule has 4 nitrogen and oxygen atoms in total. The predicted octanol–water partition coefficient (Wildman–Crippen LogP) is 7.19. The molecule has 0 N–H and O–H groups in total. The molecular formula is C25H26F7N3O. The average Bonchev–Trinajstić information content (AvgIpc) is 2.81. The van der Waals surface area contributed by atoms with Crippen molar-refractivity contribution in [3.05, 3.63) is 70.0 Å². The van der Waals surface area contributed by atoms with Gasteiger partial charge in [0.1, 0.15) is 5.82 Å². The number of alkyl halides is 6. The summed E-state index contributed by atoms with van der Waals surface area (Å²) in [4.78, 5) is 20.4. The fourth-order valence-electron chi connectivity index (χ4n) is 4.38. The van der Waals surface area contributed by atoms with Gasteiger partial charge in [-0.05, 0) is 60.9 Å². The number of hydrogen-bond donors (Lipinski definition) is 0. The minimum atomic E-state index is -4.99. The fourth-order valence-corrected chi connectivity index (χ4v) is 4.38. The standard InChI is InChI=1S/C25H26F7N3O/c1-14-9-19(26)5-6-21(14)22-13-20(33-3)7-8-35(22)23(36)34(4)15(2)16-10-17(24(27,28)29)12-18(11-16)25(30,31)32/h5-6,9-12,15,22H,7-8,13H2,1-4H3/t15-,22-/m1/s1. The summed E-state index contributed by atoms with van der Waals surface area (Å²) < 4.78 is 93.7.